The zero-order valence-corrected chi connectivity index (χ0v) is 12.7. The van der Waals surface area contributed by atoms with Crippen LogP contribution in [0.1, 0.15) is 25.5 Å². The number of hydrogen-bond acceptors (Lipinski definition) is 2. The van der Waals surface area contributed by atoms with Crippen molar-refractivity contribution in [3.8, 4) is 0 Å². The monoisotopic (exact) mass is 352 g/mol. The molecule has 112 valence electrons. The summed E-state index contributed by atoms with van der Waals surface area (Å²) in [5.74, 6) is -0.679. The summed E-state index contributed by atoms with van der Waals surface area (Å²) in [6.07, 6.45) is -4.40. The van der Waals surface area contributed by atoms with Crippen molar-refractivity contribution < 1.29 is 18.0 Å². The minimum Gasteiger partial charge on any atom is -0.346 e. The molecule has 0 radical (unpaired) electrons. The first kappa shape index (κ1) is 17.0. The molecule has 0 aliphatic heterocycles. The number of nitrogens with one attached hydrogen (secondary N) is 2. The van der Waals surface area contributed by atoms with Crippen molar-refractivity contribution in [1.29, 1.82) is 0 Å². The third-order valence-corrected chi connectivity index (χ3v) is 3.45. The summed E-state index contributed by atoms with van der Waals surface area (Å²) >= 11 is 3.39. The SMILES string of the molecule is CC(N[C@@H](C)c1ccccc1Br)C(=O)NCC(F)(F)F. The van der Waals surface area contributed by atoms with Crippen molar-refractivity contribution in [1.82, 2.24) is 10.6 Å². The van der Waals surface area contributed by atoms with Crippen molar-refractivity contribution in [2.45, 2.75) is 32.1 Å². The fourth-order valence-corrected chi connectivity index (χ4v) is 2.34. The summed E-state index contributed by atoms with van der Waals surface area (Å²) in [6, 6.07) is 6.56. The smallest absolute Gasteiger partial charge is 0.346 e. The van der Waals surface area contributed by atoms with Gasteiger partial charge in [-0.1, -0.05) is 34.1 Å². The van der Waals surface area contributed by atoms with Crippen molar-refractivity contribution in [2.75, 3.05) is 6.54 Å². The zero-order valence-electron chi connectivity index (χ0n) is 11.1. The second-order valence-corrected chi connectivity index (χ2v) is 5.32. The molecule has 0 aromatic heterocycles. The predicted molar refractivity (Wildman–Crippen MR) is 74.2 cm³/mol. The lowest BCUT2D eigenvalue weighted by Gasteiger charge is -2.21. The molecule has 7 heteroatoms. The van der Waals surface area contributed by atoms with Crippen LogP contribution in [0, 0.1) is 0 Å². The molecule has 0 aliphatic carbocycles. The summed E-state index contributed by atoms with van der Waals surface area (Å²) in [5.41, 5.74) is 0.933. The summed E-state index contributed by atoms with van der Waals surface area (Å²) in [6.45, 7) is 2.05. The Hall–Kier alpha value is -1.08. The Morgan fingerprint density at radius 2 is 1.90 bits per heavy atom. The van der Waals surface area contributed by atoms with Crippen LogP contribution in [0.4, 0.5) is 13.2 Å². The van der Waals surface area contributed by atoms with E-state index in [2.05, 4.69) is 21.2 Å². The molecule has 0 spiro atoms. The van der Waals surface area contributed by atoms with E-state index >= 15 is 0 Å². The van der Waals surface area contributed by atoms with Gasteiger partial charge in [-0.15, -0.1) is 0 Å². The van der Waals surface area contributed by atoms with Crippen LogP contribution in [0.15, 0.2) is 28.7 Å². The predicted octanol–water partition coefficient (Wildman–Crippen LogP) is 3.17. The van der Waals surface area contributed by atoms with Crippen LogP contribution < -0.4 is 10.6 Å². The fourth-order valence-electron chi connectivity index (χ4n) is 1.71. The van der Waals surface area contributed by atoms with E-state index in [1.54, 1.807) is 0 Å². The Morgan fingerprint density at radius 1 is 1.30 bits per heavy atom. The lowest BCUT2D eigenvalue weighted by molar-refractivity contribution is -0.139. The molecule has 0 saturated heterocycles. The highest BCUT2D eigenvalue weighted by Gasteiger charge is 2.29. The van der Waals surface area contributed by atoms with Crippen LogP contribution in [-0.2, 0) is 4.79 Å². The first-order chi connectivity index (χ1) is 9.20. The van der Waals surface area contributed by atoms with E-state index in [0.29, 0.717) is 0 Å². The van der Waals surface area contributed by atoms with Crippen LogP contribution in [0.25, 0.3) is 0 Å². The standard InChI is InChI=1S/C13H16BrF3N2O/c1-8(10-5-3-4-6-11(10)14)19-9(2)12(20)18-7-13(15,16)17/h3-6,8-9,19H,7H2,1-2H3,(H,18,20)/t8-,9?/m0/s1. The Labute approximate surface area is 124 Å². The average molecular weight is 353 g/mol. The Balaban J connectivity index is 2.55. The number of hydrogen-bond donors (Lipinski definition) is 2. The van der Waals surface area contributed by atoms with Gasteiger partial charge in [-0.2, -0.15) is 13.2 Å². The fraction of sp³-hybridized carbons (Fsp3) is 0.462. The molecule has 2 atom stereocenters. The summed E-state index contributed by atoms with van der Waals surface area (Å²) in [7, 11) is 0. The van der Waals surface area contributed by atoms with Crippen LogP contribution in [-0.4, -0.2) is 24.7 Å². The molecular weight excluding hydrogens is 337 g/mol. The molecule has 0 bridgehead atoms. The number of alkyl halides is 3. The molecule has 0 fully saturated rings. The van der Waals surface area contributed by atoms with E-state index < -0.39 is 24.7 Å². The summed E-state index contributed by atoms with van der Waals surface area (Å²) in [4.78, 5) is 11.6. The largest absolute Gasteiger partial charge is 0.405 e. The molecule has 0 saturated carbocycles. The van der Waals surface area contributed by atoms with Gasteiger partial charge in [0.05, 0.1) is 6.04 Å². The maximum absolute atomic E-state index is 12.0. The van der Waals surface area contributed by atoms with Crippen LogP contribution in [0.5, 0.6) is 0 Å². The highest BCUT2D eigenvalue weighted by molar-refractivity contribution is 9.10. The summed E-state index contributed by atoms with van der Waals surface area (Å²) in [5, 5.41) is 4.82. The number of carbonyl (C=O) groups is 1. The molecule has 1 rings (SSSR count). The first-order valence-corrected chi connectivity index (χ1v) is 6.85. The molecule has 1 amide bonds. The van der Waals surface area contributed by atoms with Gasteiger partial charge in [0.25, 0.3) is 0 Å². The molecule has 3 nitrogen and oxygen atoms in total. The average Bonchev–Trinajstić information content (AvgIpc) is 2.35. The van der Waals surface area contributed by atoms with Gasteiger partial charge in [0.1, 0.15) is 6.54 Å². The normalized spacial score (nSPS) is 14.7. The van der Waals surface area contributed by atoms with Gasteiger partial charge in [0.15, 0.2) is 0 Å². The number of rotatable bonds is 5. The topological polar surface area (TPSA) is 41.1 Å². The van der Waals surface area contributed by atoms with Gasteiger partial charge < -0.3 is 5.32 Å². The van der Waals surface area contributed by atoms with E-state index in [4.69, 9.17) is 0 Å². The number of carbonyl (C=O) groups excluding carboxylic acids is 1. The van der Waals surface area contributed by atoms with Crippen LogP contribution in [0.2, 0.25) is 0 Å². The molecular formula is C13H16BrF3N2O. The summed E-state index contributed by atoms with van der Waals surface area (Å²) < 4.78 is 36.9. The molecule has 0 heterocycles. The lowest BCUT2D eigenvalue weighted by atomic mass is 10.1. The number of halogens is 4. The Kier molecular flexibility index (Phi) is 6.01. The van der Waals surface area contributed by atoms with Crippen molar-refractivity contribution >= 4 is 21.8 Å². The molecule has 1 aromatic rings. The zero-order chi connectivity index (χ0) is 15.3. The molecule has 20 heavy (non-hydrogen) atoms. The highest BCUT2D eigenvalue weighted by Crippen LogP contribution is 2.23. The maximum Gasteiger partial charge on any atom is 0.405 e. The second kappa shape index (κ2) is 7.08. The van der Waals surface area contributed by atoms with Gasteiger partial charge in [0, 0.05) is 10.5 Å². The minimum atomic E-state index is -4.40. The van der Waals surface area contributed by atoms with Crippen LogP contribution in [0.3, 0.4) is 0 Å². The van der Waals surface area contributed by atoms with Crippen LogP contribution >= 0.6 is 15.9 Å². The third-order valence-electron chi connectivity index (χ3n) is 2.73. The van der Waals surface area contributed by atoms with E-state index in [0.717, 1.165) is 10.0 Å². The quantitative estimate of drug-likeness (QED) is 0.854. The maximum atomic E-state index is 12.0. The minimum absolute atomic E-state index is 0.169. The van der Waals surface area contributed by atoms with E-state index in [-0.39, 0.29) is 6.04 Å². The van der Waals surface area contributed by atoms with Gasteiger partial charge in [-0.05, 0) is 25.5 Å². The first-order valence-electron chi connectivity index (χ1n) is 6.05. The van der Waals surface area contributed by atoms with Gasteiger partial charge in [0.2, 0.25) is 5.91 Å². The van der Waals surface area contributed by atoms with Gasteiger partial charge in [-0.25, -0.2) is 0 Å². The van der Waals surface area contributed by atoms with Crippen molar-refractivity contribution in [2.24, 2.45) is 0 Å². The molecule has 0 aliphatic rings. The Bertz CT molecular complexity index is 465. The third kappa shape index (κ3) is 5.50. The Morgan fingerprint density at radius 3 is 2.45 bits per heavy atom. The van der Waals surface area contributed by atoms with E-state index in [1.165, 1.54) is 6.92 Å². The molecule has 2 N–H and O–H groups in total. The second-order valence-electron chi connectivity index (χ2n) is 4.46. The van der Waals surface area contributed by atoms with Gasteiger partial charge in [-0.3, -0.25) is 10.1 Å². The highest BCUT2D eigenvalue weighted by atomic mass is 79.9. The van der Waals surface area contributed by atoms with E-state index in [1.807, 2.05) is 36.5 Å². The number of amides is 1. The van der Waals surface area contributed by atoms with Crippen molar-refractivity contribution in [3.05, 3.63) is 34.3 Å². The lowest BCUT2D eigenvalue weighted by Crippen LogP contribution is -2.45. The molecule has 1 aromatic carbocycles. The number of benzene rings is 1. The van der Waals surface area contributed by atoms with Gasteiger partial charge >= 0.3 is 6.18 Å². The molecule has 1 unspecified atom stereocenters. The van der Waals surface area contributed by atoms with Crippen molar-refractivity contribution in [3.63, 3.8) is 0 Å². The van der Waals surface area contributed by atoms with E-state index in [9.17, 15) is 18.0 Å².